The van der Waals surface area contributed by atoms with Crippen LogP contribution >= 0.6 is 0 Å². The third-order valence-electron chi connectivity index (χ3n) is 4.89. The minimum atomic E-state index is -0.481. The molecule has 0 fully saturated rings. The lowest BCUT2D eigenvalue weighted by atomic mass is 9.93. The molecule has 0 radical (unpaired) electrons. The van der Waals surface area contributed by atoms with Crippen LogP contribution in [-0.4, -0.2) is 33.0 Å². The quantitative estimate of drug-likeness (QED) is 0.674. The number of rotatable bonds is 8. The van der Waals surface area contributed by atoms with Crippen molar-refractivity contribution in [1.29, 1.82) is 0 Å². The van der Waals surface area contributed by atoms with Gasteiger partial charge in [0.1, 0.15) is 11.4 Å². The molecule has 0 spiro atoms. The molecule has 3 N–H and O–H groups in total. The fourth-order valence-corrected chi connectivity index (χ4v) is 3.05. The highest BCUT2D eigenvalue weighted by atomic mass is 16.6. The van der Waals surface area contributed by atoms with Crippen LogP contribution in [0, 0.1) is 12.8 Å². The lowest BCUT2D eigenvalue weighted by Gasteiger charge is -2.22. The zero-order valence-electron chi connectivity index (χ0n) is 18.5. The Balaban J connectivity index is 1.90. The van der Waals surface area contributed by atoms with Crippen LogP contribution in [0.1, 0.15) is 71.1 Å². The van der Waals surface area contributed by atoms with Crippen LogP contribution in [0.5, 0.6) is 0 Å². The summed E-state index contributed by atoms with van der Waals surface area (Å²) < 4.78 is 7.00. The molecule has 0 saturated heterocycles. The molecule has 1 amide bonds. The van der Waals surface area contributed by atoms with Crippen molar-refractivity contribution < 1.29 is 9.53 Å². The van der Waals surface area contributed by atoms with Crippen molar-refractivity contribution in [1.82, 2.24) is 20.1 Å². The Kier molecular flexibility index (Phi) is 7.65. The van der Waals surface area contributed by atoms with Gasteiger partial charge in [-0.25, -0.2) is 9.78 Å². The van der Waals surface area contributed by atoms with Crippen LogP contribution in [-0.2, 0) is 4.74 Å². The maximum absolute atomic E-state index is 11.9. The number of carbonyl (C=O) groups is 1. The molecule has 160 valence electrons. The third kappa shape index (κ3) is 7.07. The molecule has 0 aliphatic rings. The second kappa shape index (κ2) is 9.76. The monoisotopic (exact) mass is 401 g/mol. The summed E-state index contributed by atoms with van der Waals surface area (Å²) in [6.07, 6.45) is 4.39. The van der Waals surface area contributed by atoms with Crippen molar-refractivity contribution in [2.75, 3.05) is 12.3 Å². The minimum absolute atomic E-state index is 0.263. The first kappa shape index (κ1) is 22.7. The number of hydrogen-bond acceptors (Lipinski definition) is 5. The number of amides is 1. The lowest BCUT2D eigenvalue weighted by Crippen LogP contribution is -2.35. The normalized spacial score (nSPS) is 13.7. The van der Waals surface area contributed by atoms with Gasteiger partial charge in [-0.3, -0.25) is 0 Å². The van der Waals surface area contributed by atoms with E-state index in [1.54, 1.807) is 4.68 Å². The number of hydrogen-bond donors (Lipinski definition) is 2. The average molecular weight is 402 g/mol. The van der Waals surface area contributed by atoms with E-state index < -0.39 is 5.60 Å². The number of pyridine rings is 1. The molecule has 2 atom stereocenters. The number of aryl methyl sites for hydroxylation is 1. The molecule has 0 aliphatic carbocycles. The zero-order valence-corrected chi connectivity index (χ0v) is 18.5. The lowest BCUT2D eigenvalue weighted by molar-refractivity contribution is 0.0517. The molecule has 0 aliphatic heterocycles. The van der Waals surface area contributed by atoms with Crippen LogP contribution in [0.4, 0.5) is 10.6 Å². The van der Waals surface area contributed by atoms with Gasteiger partial charge in [0.25, 0.3) is 0 Å². The van der Waals surface area contributed by atoms with Crippen molar-refractivity contribution >= 4 is 11.9 Å². The molecular formula is C22H35N5O2. The van der Waals surface area contributed by atoms with E-state index in [0.717, 1.165) is 36.3 Å². The first-order chi connectivity index (χ1) is 13.6. The number of nitrogens with zero attached hydrogens (tertiary/aromatic N) is 3. The molecule has 0 bridgehead atoms. The smallest absolute Gasteiger partial charge is 0.407 e. The van der Waals surface area contributed by atoms with Crippen molar-refractivity contribution in [2.24, 2.45) is 5.92 Å². The molecule has 7 nitrogen and oxygen atoms in total. The predicted octanol–water partition coefficient (Wildman–Crippen LogP) is 4.59. The van der Waals surface area contributed by atoms with E-state index in [1.165, 1.54) is 0 Å². The Morgan fingerprint density at radius 2 is 2.03 bits per heavy atom. The Labute approximate surface area is 174 Å². The van der Waals surface area contributed by atoms with Gasteiger partial charge < -0.3 is 15.8 Å². The van der Waals surface area contributed by atoms with Gasteiger partial charge in [0.15, 0.2) is 5.82 Å². The molecule has 2 unspecified atom stereocenters. The van der Waals surface area contributed by atoms with Crippen LogP contribution in [0.15, 0.2) is 24.4 Å². The average Bonchev–Trinajstić information content (AvgIpc) is 3.02. The van der Waals surface area contributed by atoms with Gasteiger partial charge in [0, 0.05) is 24.7 Å². The first-order valence-corrected chi connectivity index (χ1v) is 10.3. The van der Waals surface area contributed by atoms with Gasteiger partial charge in [-0.05, 0) is 58.1 Å². The predicted molar refractivity (Wildman–Crippen MR) is 116 cm³/mol. The van der Waals surface area contributed by atoms with E-state index in [2.05, 4.69) is 29.2 Å². The summed E-state index contributed by atoms with van der Waals surface area (Å²) >= 11 is 0. The van der Waals surface area contributed by atoms with Crippen molar-refractivity contribution in [3.63, 3.8) is 0 Å². The Morgan fingerprint density at radius 3 is 2.62 bits per heavy atom. The SMILES string of the molecule is CCC(CCC(C)c1cc(N)n(-c2ccc(C)cn2)n1)CNC(=O)OC(C)(C)C. The second-order valence-corrected chi connectivity index (χ2v) is 8.74. The number of carbonyl (C=O) groups excluding carboxylic acids is 1. The van der Waals surface area contributed by atoms with Crippen LogP contribution < -0.4 is 11.1 Å². The standard InChI is InChI=1S/C22H35N5O2/c1-7-17(14-25-21(28)29-22(4,5)6)10-9-16(3)18-12-19(23)27(26-18)20-11-8-15(2)13-24-20/h8,11-13,16-17H,7,9-10,14,23H2,1-6H3,(H,25,28). The largest absolute Gasteiger partial charge is 0.444 e. The van der Waals surface area contributed by atoms with Gasteiger partial charge in [0.05, 0.1) is 5.69 Å². The van der Waals surface area contributed by atoms with Crippen LogP contribution in [0.2, 0.25) is 0 Å². The summed E-state index contributed by atoms with van der Waals surface area (Å²) in [5.41, 5.74) is 7.74. The summed E-state index contributed by atoms with van der Waals surface area (Å²) in [5, 5.41) is 7.55. The topological polar surface area (TPSA) is 95.1 Å². The summed E-state index contributed by atoms with van der Waals surface area (Å²) in [6.45, 7) is 12.5. The van der Waals surface area contributed by atoms with Gasteiger partial charge in [-0.2, -0.15) is 9.78 Å². The number of aromatic nitrogens is 3. The highest BCUT2D eigenvalue weighted by molar-refractivity contribution is 5.67. The maximum atomic E-state index is 11.9. The number of nitrogens with two attached hydrogens (primary N) is 1. The number of nitrogens with one attached hydrogen (secondary N) is 1. The van der Waals surface area contributed by atoms with Crippen molar-refractivity contribution in [2.45, 2.75) is 72.3 Å². The summed E-state index contributed by atoms with van der Waals surface area (Å²) in [4.78, 5) is 16.3. The van der Waals surface area contributed by atoms with E-state index in [-0.39, 0.29) is 12.0 Å². The first-order valence-electron chi connectivity index (χ1n) is 10.3. The molecule has 29 heavy (non-hydrogen) atoms. The second-order valence-electron chi connectivity index (χ2n) is 8.74. The zero-order chi connectivity index (χ0) is 21.6. The van der Waals surface area contributed by atoms with E-state index in [9.17, 15) is 4.79 Å². The molecule has 2 aromatic rings. The van der Waals surface area contributed by atoms with Gasteiger partial charge >= 0.3 is 6.09 Å². The number of alkyl carbamates (subject to hydrolysis) is 1. The van der Waals surface area contributed by atoms with E-state index in [1.807, 2.05) is 52.1 Å². The number of ether oxygens (including phenoxy) is 1. The Hall–Kier alpha value is -2.57. The third-order valence-corrected chi connectivity index (χ3v) is 4.89. The molecule has 2 aromatic heterocycles. The van der Waals surface area contributed by atoms with Gasteiger partial charge in [0.2, 0.25) is 0 Å². The van der Waals surface area contributed by atoms with E-state index in [0.29, 0.717) is 18.3 Å². The summed E-state index contributed by atoms with van der Waals surface area (Å²) in [5.74, 6) is 1.96. The van der Waals surface area contributed by atoms with Crippen LogP contribution in [0.25, 0.3) is 5.82 Å². The molecular weight excluding hydrogens is 366 g/mol. The minimum Gasteiger partial charge on any atom is -0.444 e. The van der Waals surface area contributed by atoms with Crippen LogP contribution in [0.3, 0.4) is 0 Å². The van der Waals surface area contributed by atoms with Gasteiger partial charge in [-0.1, -0.05) is 26.3 Å². The highest BCUT2D eigenvalue weighted by Crippen LogP contribution is 2.25. The van der Waals surface area contributed by atoms with Crippen molar-refractivity contribution in [3.8, 4) is 5.82 Å². The fraction of sp³-hybridized carbons (Fsp3) is 0.591. The van der Waals surface area contributed by atoms with Gasteiger partial charge in [-0.15, -0.1) is 0 Å². The molecule has 0 saturated carbocycles. The molecule has 0 aromatic carbocycles. The maximum Gasteiger partial charge on any atom is 0.407 e. The van der Waals surface area contributed by atoms with E-state index in [4.69, 9.17) is 10.5 Å². The van der Waals surface area contributed by atoms with E-state index >= 15 is 0 Å². The number of nitrogen functional groups attached to an aromatic ring is 1. The Bertz CT molecular complexity index is 793. The highest BCUT2D eigenvalue weighted by Gasteiger charge is 2.19. The molecule has 7 heteroatoms. The fourth-order valence-electron chi connectivity index (χ4n) is 3.05. The molecule has 2 heterocycles. The summed E-state index contributed by atoms with van der Waals surface area (Å²) in [6, 6.07) is 5.84. The Morgan fingerprint density at radius 1 is 1.31 bits per heavy atom. The molecule has 2 rings (SSSR count). The summed E-state index contributed by atoms with van der Waals surface area (Å²) in [7, 11) is 0. The van der Waals surface area contributed by atoms with Crippen molar-refractivity contribution in [3.05, 3.63) is 35.7 Å². The number of anilines is 1.